The molecule has 2 aromatic carbocycles. The number of hydrogen-bond acceptors (Lipinski definition) is 3. The summed E-state index contributed by atoms with van der Waals surface area (Å²) in [6.07, 6.45) is 0.923. The Kier molecular flexibility index (Phi) is 8.87. The number of carbonyl (C=O) groups excluding carboxylic acids is 2. The Morgan fingerprint density at radius 3 is 2.17 bits per heavy atom. The molecule has 0 aliphatic rings. The number of hydrogen-bond donors (Lipinski definition) is 2. The van der Waals surface area contributed by atoms with Crippen LogP contribution in [0.15, 0.2) is 54.6 Å². The first-order chi connectivity index (χ1) is 13.9. The standard InChI is InChI=1S/C24H32N2O3/c1-5-18(4)22(26-23(27)19-11-7-6-8-12-19)24(28)25-15-20-13-9-10-14-21(20)16-29-17(2)3/h6-14,17-18,22H,5,15-16H2,1-4H3,(H,25,28)(H,26,27). The van der Waals surface area contributed by atoms with Gasteiger partial charge in [-0.3, -0.25) is 9.59 Å². The molecule has 0 spiro atoms. The molecule has 2 unspecified atom stereocenters. The number of benzene rings is 2. The molecule has 29 heavy (non-hydrogen) atoms. The molecule has 2 amide bonds. The van der Waals surface area contributed by atoms with Gasteiger partial charge in [0.25, 0.3) is 5.91 Å². The summed E-state index contributed by atoms with van der Waals surface area (Å²) in [5.41, 5.74) is 2.61. The van der Waals surface area contributed by atoms with Crippen molar-refractivity contribution in [3.63, 3.8) is 0 Å². The molecule has 0 saturated heterocycles. The Balaban J connectivity index is 2.04. The minimum absolute atomic E-state index is 0.0159. The Morgan fingerprint density at radius 2 is 1.55 bits per heavy atom. The Bertz CT molecular complexity index is 790. The van der Waals surface area contributed by atoms with Crippen LogP contribution in [0.5, 0.6) is 0 Å². The molecule has 0 aliphatic heterocycles. The first kappa shape index (κ1) is 22.6. The molecule has 0 aliphatic carbocycles. The van der Waals surface area contributed by atoms with Crippen LogP contribution in [0.1, 0.15) is 55.6 Å². The van der Waals surface area contributed by atoms with Gasteiger partial charge in [0, 0.05) is 12.1 Å². The molecule has 2 rings (SSSR count). The molecule has 0 bridgehead atoms. The van der Waals surface area contributed by atoms with Crippen LogP contribution in [0.2, 0.25) is 0 Å². The molecule has 0 fully saturated rings. The smallest absolute Gasteiger partial charge is 0.251 e. The van der Waals surface area contributed by atoms with Crippen molar-refractivity contribution in [3.8, 4) is 0 Å². The number of amides is 2. The number of ether oxygens (including phenoxy) is 1. The van der Waals surface area contributed by atoms with Crippen LogP contribution in [0.25, 0.3) is 0 Å². The van der Waals surface area contributed by atoms with Crippen molar-refractivity contribution in [1.82, 2.24) is 10.6 Å². The zero-order valence-corrected chi connectivity index (χ0v) is 17.8. The minimum atomic E-state index is -0.591. The zero-order valence-electron chi connectivity index (χ0n) is 17.8. The quantitative estimate of drug-likeness (QED) is 0.636. The lowest BCUT2D eigenvalue weighted by Crippen LogP contribution is -2.50. The molecule has 0 radical (unpaired) electrons. The van der Waals surface area contributed by atoms with Gasteiger partial charge in [0.2, 0.25) is 5.91 Å². The van der Waals surface area contributed by atoms with Crippen molar-refractivity contribution in [2.24, 2.45) is 5.92 Å². The fourth-order valence-corrected chi connectivity index (χ4v) is 2.94. The summed E-state index contributed by atoms with van der Waals surface area (Å²) in [6, 6.07) is 16.3. The fourth-order valence-electron chi connectivity index (χ4n) is 2.94. The second kappa shape index (κ2) is 11.4. The van der Waals surface area contributed by atoms with Crippen molar-refractivity contribution in [2.75, 3.05) is 0 Å². The molecule has 0 heterocycles. The lowest BCUT2D eigenvalue weighted by molar-refractivity contribution is -0.124. The number of nitrogens with one attached hydrogen (secondary N) is 2. The monoisotopic (exact) mass is 396 g/mol. The van der Waals surface area contributed by atoms with Gasteiger partial charge < -0.3 is 15.4 Å². The highest BCUT2D eigenvalue weighted by Crippen LogP contribution is 2.13. The Labute approximate surface area is 173 Å². The molecule has 5 heteroatoms. The highest BCUT2D eigenvalue weighted by molar-refractivity contribution is 5.97. The van der Waals surface area contributed by atoms with Crippen LogP contribution in [-0.4, -0.2) is 24.0 Å². The number of rotatable bonds is 10. The second-order valence-corrected chi connectivity index (χ2v) is 7.55. The third-order valence-electron chi connectivity index (χ3n) is 4.96. The van der Waals surface area contributed by atoms with Crippen molar-refractivity contribution in [2.45, 2.75) is 59.4 Å². The maximum Gasteiger partial charge on any atom is 0.251 e. The van der Waals surface area contributed by atoms with Gasteiger partial charge in [-0.2, -0.15) is 0 Å². The largest absolute Gasteiger partial charge is 0.374 e. The molecule has 2 aromatic rings. The summed E-state index contributed by atoms with van der Waals surface area (Å²) < 4.78 is 5.71. The molecule has 0 saturated carbocycles. The second-order valence-electron chi connectivity index (χ2n) is 7.55. The van der Waals surface area contributed by atoms with E-state index in [1.54, 1.807) is 12.1 Å². The maximum atomic E-state index is 12.9. The Hall–Kier alpha value is -2.66. The van der Waals surface area contributed by atoms with Crippen LogP contribution in [0.4, 0.5) is 0 Å². The maximum absolute atomic E-state index is 12.9. The van der Waals surface area contributed by atoms with Gasteiger partial charge >= 0.3 is 0 Å². The van der Waals surface area contributed by atoms with Gasteiger partial charge in [0.15, 0.2) is 0 Å². The fraction of sp³-hybridized carbons (Fsp3) is 0.417. The van der Waals surface area contributed by atoms with Crippen molar-refractivity contribution in [3.05, 3.63) is 71.3 Å². The number of carbonyl (C=O) groups is 2. The van der Waals surface area contributed by atoms with Crippen molar-refractivity contribution in [1.29, 1.82) is 0 Å². The van der Waals surface area contributed by atoms with Crippen LogP contribution in [0, 0.1) is 5.92 Å². The van der Waals surface area contributed by atoms with Crippen LogP contribution in [0.3, 0.4) is 0 Å². The summed E-state index contributed by atoms with van der Waals surface area (Å²) in [7, 11) is 0. The van der Waals surface area contributed by atoms with E-state index in [0.717, 1.165) is 17.5 Å². The van der Waals surface area contributed by atoms with E-state index in [1.165, 1.54) is 0 Å². The average Bonchev–Trinajstić information content (AvgIpc) is 2.74. The minimum Gasteiger partial charge on any atom is -0.374 e. The highest BCUT2D eigenvalue weighted by Gasteiger charge is 2.26. The predicted molar refractivity (Wildman–Crippen MR) is 115 cm³/mol. The van der Waals surface area contributed by atoms with E-state index in [-0.39, 0.29) is 23.8 Å². The summed E-state index contributed by atoms with van der Waals surface area (Å²) in [6.45, 7) is 8.87. The van der Waals surface area contributed by atoms with Gasteiger partial charge in [-0.05, 0) is 43.0 Å². The van der Waals surface area contributed by atoms with E-state index in [1.807, 2.05) is 70.2 Å². The van der Waals surface area contributed by atoms with Gasteiger partial charge in [0.1, 0.15) is 6.04 Å². The predicted octanol–water partition coefficient (Wildman–Crippen LogP) is 4.07. The van der Waals surface area contributed by atoms with Gasteiger partial charge in [-0.1, -0.05) is 62.7 Å². The first-order valence-corrected chi connectivity index (χ1v) is 10.2. The molecular formula is C24H32N2O3. The third kappa shape index (κ3) is 7.02. The topological polar surface area (TPSA) is 67.4 Å². The van der Waals surface area contributed by atoms with E-state index < -0.39 is 6.04 Å². The van der Waals surface area contributed by atoms with Gasteiger partial charge in [-0.25, -0.2) is 0 Å². The first-order valence-electron chi connectivity index (χ1n) is 10.2. The van der Waals surface area contributed by atoms with Crippen molar-refractivity contribution < 1.29 is 14.3 Å². The molecule has 156 valence electrons. The van der Waals surface area contributed by atoms with Crippen LogP contribution >= 0.6 is 0 Å². The van der Waals surface area contributed by atoms with E-state index in [9.17, 15) is 9.59 Å². The lowest BCUT2D eigenvalue weighted by Gasteiger charge is -2.24. The molecular weight excluding hydrogens is 364 g/mol. The van der Waals surface area contributed by atoms with Crippen molar-refractivity contribution >= 4 is 11.8 Å². The normalized spacial score (nSPS) is 13.0. The highest BCUT2D eigenvalue weighted by atomic mass is 16.5. The summed E-state index contributed by atoms with van der Waals surface area (Å²) in [5, 5.41) is 5.89. The lowest BCUT2D eigenvalue weighted by atomic mass is 9.97. The molecule has 5 nitrogen and oxygen atoms in total. The van der Waals surface area contributed by atoms with E-state index >= 15 is 0 Å². The Morgan fingerprint density at radius 1 is 0.931 bits per heavy atom. The van der Waals surface area contributed by atoms with Crippen LogP contribution in [-0.2, 0) is 22.7 Å². The van der Waals surface area contributed by atoms with E-state index in [0.29, 0.717) is 18.7 Å². The molecule has 2 atom stereocenters. The van der Waals surface area contributed by atoms with E-state index in [2.05, 4.69) is 10.6 Å². The van der Waals surface area contributed by atoms with E-state index in [4.69, 9.17) is 4.74 Å². The summed E-state index contributed by atoms with van der Waals surface area (Å²) >= 11 is 0. The summed E-state index contributed by atoms with van der Waals surface area (Å²) in [5.74, 6) is -0.401. The SMILES string of the molecule is CCC(C)C(NC(=O)c1ccccc1)C(=O)NCc1ccccc1COC(C)C. The summed E-state index contributed by atoms with van der Waals surface area (Å²) in [4.78, 5) is 25.5. The van der Waals surface area contributed by atoms with Crippen LogP contribution < -0.4 is 10.6 Å². The zero-order chi connectivity index (χ0) is 21.2. The molecule has 2 N–H and O–H groups in total. The third-order valence-corrected chi connectivity index (χ3v) is 4.96. The van der Waals surface area contributed by atoms with Gasteiger partial charge in [-0.15, -0.1) is 0 Å². The molecule has 0 aromatic heterocycles. The average molecular weight is 397 g/mol. The van der Waals surface area contributed by atoms with Gasteiger partial charge in [0.05, 0.1) is 12.7 Å².